The Morgan fingerprint density at radius 1 is 1.20 bits per heavy atom. The van der Waals surface area contributed by atoms with Crippen molar-refractivity contribution in [2.75, 3.05) is 32.8 Å². The van der Waals surface area contributed by atoms with E-state index in [1.165, 1.54) is 19.0 Å². The van der Waals surface area contributed by atoms with Gasteiger partial charge in [0.1, 0.15) is 12.4 Å². The van der Waals surface area contributed by atoms with Crippen molar-refractivity contribution in [2.45, 2.75) is 32.2 Å². The SMILES string of the molecule is O=[N+]([O-])c1nccn1CCCCCCN1CCOCC1. The van der Waals surface area contributed by atoms with Crippen LogP contribution >= 0.6 is 0 Å². The number of nitrogens with zero attached hydrogens (tertiary/aromatic N) is 4. The van der Waals surface area contributed by atoms with Gasteiger partial charge in [-0.15, -0.1) is 0 Å². The fraction of sp³-hybridized carbons (Fsp3) is 0.769. The summed E-state index contributed by atoms with van der Waals surface area (Å²) in [6, 6.07) is 0. The molecule has 0 atom stereocenters. The number of hydrogen-bond acceptors (Lipinski definition) is 5. The molecule has 0 amide bonds. The molecule has 1 aliphatic rings. The molecular formula is C13H22N4O3. The zero-order valence-corrected chi connectivity index (χ0v) is 11.7. The van der Waals surface area contributed by atoms with Crippen LogP contribution in [0.1, 0.15) is 25.7 Å². The van der Waals surface area contributed by atoms with Crippen LogP contribution in [0.4, 0.5) is 5.95 Å². The molecule has 1 saturated heterocycles. The van der Waals surface area contributed by atoms with Crippen LogP contribution in [0.2, 0.25) is 0 Å². The van der Waals surface area contributed by atoms with Crippen LogP contribution in [-0.4, -0.2) is 52.2 Å². The molecule has 0 radical (unpaired) electrons. The van der Waals surface area contributed by atoms with Crippen molar-refractivity contribution in [3.05, 3.63) is 22.5 Å². The van der Waals surface area contributed by atoms with Gasteiger partial charge in [-0.25, -0.2) is 4.57 Å². The standard InChI is InChI=1S/C13H22N4O3/c18-17(19)13-14-5-8-16(13)7-4-2-1-3-6-15-9-11-20-12-10-15/h5,8H,1-4,6-7,9-12H2. The number of morpholine rings is 1. The summed E-state index contributed by atoms with van der Waals surface area (Å²) in [6.45, 7) is 5.60. The smallest absolute Gasteiger partial charge is 0.390 e. The van der Waals surface area contributed by atoms with Crippen LogP contribution in [0.5, 0.6) is 0 Å². The van der Waals surface area contributed by atoms with Crippen LogP contribution < -0.4 is 0 Å². The summed E-state index contributed by atoms with van der Waals surface area (Å²) in [4.78, 5) is 16.4. The minimum atomic E-state index is -0.432. The normalized spacial score (nSPS) is 16.4. The van der Waals surface area contributed by atoms with E-state index in [2.05, 4.69) is 9.88 Å². The van der Waals surface area contributed by atoms with E-state index in [1.54, 1.807) is 10.8 Å². The maximum absolute atomic E-state index is 10.7. The Morgan fingerprint density at radius 3 is 2.60 bits per heavy atom. The third-order valence-electron chi connectivity index (χ3n) is 3.58. The first-order chi connectivity index (χ1) is 9.77. The van der Waals surface area contributed by atoms with E-state index in [1.807, 2.05) is 0 Å². The first-order valence-corrected chi connectivity index (χ1v) is 7.23. The fourth-order valence-corrected chi connectivity index (χ4v) is 2.44. The van der Waals surface area contributed by atoms with Gasteiger partial charge < -0.3 is 14.9 Å². The number of imidazole rings is 1. The summed E-state index contributed by atoms with van der Waals surface area (Å²) in [5.74, 6) is -0.0571. The summed E-state index contributed by atoms with van der Waals surface area (Å²) < 4.78 is 6.92. The Hall–Kier alpha value is -1.47. The molecule has 2 heterocycles. The van der Waals surface area contributed by atoms with Crippen molar-refractivity contribution < 1.29 is 9.66 Å². The number of aryl methyl sites for hydroxylation is 1. The molecule has 0 saturated carbocycles. The van der Waals surface area contributed by atoms with E-state index in [0.717, 1.165) is 45.7 Å². The maximum atomic E-state index is 10.7. The molecule has 1 aliphatic heterocycles. The van der Waals surface area contributed by atoms with Crippen LogP contribution in [0, 0.1) is 10.1 Å². The number of nitro groups is 1. The van der Waals surface area contributed by atoms with E-state index >= 15 is 0 Å². The molecular weight excluding hydrogens is 260 g/mol. The Kier molecular flexibility index (Phi) is 5.94. The van der Waals surface area contributed by atoms with E-state index in [-0.39, 0.29) is 5.95 Å². The largest absolute Gasteiger partial charge is 0.434 e. The van der Waals surface area contributed by atoms with E-state index in [0.29, 0.717) is 6.54 Å². The molecule has 1 fully saturated rings. The number of rotatable bonds is 8. The van der Waals surface area contributed by atoms with Gasteiger partial charge in [0.2, 0.25) is 0 Å². The highest BCUT2D eigenvalue weighted by Gasteiger charge is 2.13. The van der Waals surface area contributed by atoms with Crippen molar-refractivity contribution in [3.8, 4) is 0 Å². The van der Waals surface area contributed by atoms with Gasteiger partial charge >= 0.3 is 5.95 Å². The first-order valence-electron chi connectivity index (χ1n) is 7.23. The lowest BCUT2D eigenvalue weighted by Crippen LogP contribution is -2.36. The van der Waals surface area contributed by atoms with E-state index < -0.39 is 4.92 Å². The van der Waals surface area contributed by atoms with E-state index in [4.69, 9.17) is 4.74 Å². The monoisotopic (exact) mass is 282 g/mol. The molecule has 0 N–H and O–H groups in total. The molecule has 0 unspecified atom stereocenters. The summed E-state index contributed by atoms with van der Waals surface area (Å²) in [7, 11) is 0. The lowest BCUT2D eigenvalue weighted by atomic mass is 10.2. The molecule has 20 heavy (non-hydrogen) atoms. The number of ether oxygens (including phenoxy) is 1. The zero-order chi connectivity index (χ0) is 14.2. The predicted molar refractivity (Wildman–Crippen MR) is 74.6 cm³/mol. The molecule has 0 aliphatic carbocycles. The summed E-state index contributed by atoms with van der Waals surface area (Å²) in [5, 5.41) is 10.7. The third-order valence-corrected chi connectivity index (χ3v) is 3.58. The predicted octanol–water partition coefficient (Wildman–Crippen LogP) is 1.68. The number of hydrogen-bond donors (Lipinski definition) is 0. The van der Waals surface area contributed by atoms with Crippen molar-refractivity contribution in [3.63, 3.8) is 0 Å². The van der Waals surface area contributed by atoms with Crippen LogP contribution in [0.3, 0.4) is 0 Å². The Bertz CT molecular complexity index is 416. The van der Waals surface area contributed by atoms with Gasteiger partial charge in [0.25, 0.3) is 0 Å². The van der Waals surface area contributed by atoms with E-state index in [9.17, 15) is 10.1 Å². The Labute approximate surface area is 118 Å². The quantitative estimate of drug-likeness (QED) is 0.412. The average Bonchev–Trinajstić information content (AvgIpc) is 2.92. The molecule has 1 aromatic rings. The van der Waals surface area contributed by atoms with Gasteiger partial charge in [-0.3, -0.25) is 4.90 Å². The molecule has 112 valence electrons. The Morgan fingerprint density at radius 2 is 1.90 bits per heavy atom. The highest BCUT2D eigenvalue weighted by atomic mass is 16.6. The van der Waals surface area contributed by atoms with Crippen molar-refractivity contribution >= 4 is 5.95 Å². The van der Waals surface area contributed by atoms with Gasteiger partial charge in [0, 0.05) is 13.1 Å². The zero-order valence-electron chi connectivity index (χ0n) is 11.7. The molecule has 1 aromatic heterocycles. The van der Waals surface area contributed by atoms with Gasteiger partial charge in [-0.1, -0.05) is 17.8 Å². The molecule has 7 heteroatoms. The highest BCUT2D eigenvalue weighted by Crippen LogP contribution is 2.10. The lowest BCUT2D eigenvalue weighted by molar-refractivity contribution is -0.396. The summed E-state index contributed by atoms with van der Waals surface area (Å²) in [6.07, 6.45) is 7.56. The molecule has 0 bridgehead atoms. The minimum Gasteiger partial charge on any atom is -0.390 e. The number of aromatic nitrogens is 2. The van der Waals surface area contributed by atoms with Crippen molar-refractivity contribution in [2.24, 2.45) is 0 Å². The second-order valence-corrected chi connectivity index (χ2v) is 5.05. The van der Waals surface area contributed by atoms with Crippen molar-refractivity contribution in [1.82, 2.24) is 14.5 Å². The van der Waals surface area contributed by atoms with Crippen LogP contribution in [0.25, 0.3) is 0 Å². The van der Waals surface area contributed by atoms with Gasteiger partial charge in [-0.2, -0.15) is 0 Å². The first kappa shape index (κ1) is 14.9. The van der Waals surface area contributed by atoms with Crippen molar-refractivity contribution in [1.29, 1.82) is 0 Å². The Balaban J connectivity index is 1.55. The highest BCUT2D eigenvalue weighted by molar-refractivity contribution is 5.06. The van der Waals surface area contributed by atoms with Crippen LogP contribution in [-0.2, 0) is 11.3 Å². The topological polar surface area (TPSA) is 73.4 Å². The molecule has 2 rings (SSSR count). The van der Waals surface area contributed by atoms with Gasteiger partial charge in [0.05, 0.1) is 19.8 Å². The molecule has 0 spiro atoms. The summed E-state index contributed by atoms with van der Waals surface area (Å²) >= 11 is 0. The average molecular weight is 282 g/mol. The van der Waals surface area contributed by atoms with Crippen LogP contribution in [0.15, 0.2) is 12.4 Å². The fourth-order valence-electron chi connectivity index (χ4n) is 2.44. The van der Waals surface area contributed by atoms with Gasteiger partial charge in [0.15, 0.2) is 0 Å². The molecule has 0 aromatic carbocycles. The second kappa shape index (κ2) is 7.96. The van der Waals surface area contributed by atoms with Gasteiger partial charge in [-0.05, 0) is 24.3 Å². The third kappa shape index (κ3) is 4.57. The number of unbranched alkanes of at least 4 members (excludes halogenated alkanes) is 3. The maximum Gasteiger partial charge on any atom is 0.434 e. The lowest BCUT2D eigenvalue weighted by Gasteiger charge is -2.26. The summed E-state index contributed by atoms with van der Waals surface area (Å²) in [5.41, 5.74) is 0. The second-order valence-electron chi connectivity index (χ2n) is 5.05. The minimum absolute atomic E-state index is 0.0571. The molecule has 7 nitrogen and oxygen atoms in total.